The Morgan fingerprint density at radius 2 is 2.06 bits per heavy atom. The van der Waals surface area contributed by atoms with Crippen molar-refractivity contribution >= 4 is 11.9 Å². The van der Waals surface area contributed by atoms with Crippen LogP contribution in [-0.4, -0.2) is 25.0 Å². The van der Waals surface area contributed by atoms with Crippen LogP contribution in [0.3, 0.4) is 0 Å². The van der Waals surface area contributed by atoms with Gasteiger partial charge in [-0.1, -0.05) is 12.1 Å². The van der Waals surface area contributed by atoms with Crippen molar-refractivity contribution < 1.29 is 19.4 Å². The van der Waals surface area contributed by atoms with Crippen LogP contribution in [0.2, 0.25) is 0 Å². The van der Waals surface area contributed by atoms with E-state index in [9.17, 15) is 14.7 Å². The van der Waals surface area contributed by atoms with Crippen LogP contribution in [0.5, 0.6) is 5.75 Å². The maximum absolute atomic E-state index is 11.7. The van der Waals surface area contributed by atoms with Gasteiger partial charge in [0.15, 0.2) is 0 Å². The first kappa shape index (κ1) is 13.0. The predicted molar refractivity (Wildman–Crippen MR) is 59.6 cm³/mol. The van der Waals surface area contributed by atoms with Crippen LogP contribution in [-0.2, 0) is 4.79 Å². The van der Waals surface area contributed by atoms with Crippen molar-refractivity contribution in [2.24, 2.45) is 0 Å². The summed E-state index contributed by atoms with van der Waals surface area (Å²) >= 11 is 0. The van der Waals surface area contributed by atoms with Crippen LogP contribution in [0, 0.1) is 0 Å². The number of carbonyl (C=O) groups is 2. The second-order valence-corrected chi connectivity index (χ2v) is 3.31. The summed E-state index contributed by atoms with van der Waals surface area (Å²) in [5.74, 6) is -1.06. The Morgan fingerprint density at radius 3 is 2.71 bits per heavy atom. The molecule has 17 heavy (non-hydrogen) atoms. The Hall–Kier alpha value is -2.04. The first-order chi connectivity index (χ1) is 8.15. The van der Waals surface area contributed by atoms with E-state index in [1.54, 1.807) is 24.3 Å². The number of hydrogen-bond acceptors (Lipinski definition) is 4. The largest absolute Gasteiger partial charge is 0.550 e. The van der Waals surface area contributed by atoms with Crippen molar-refractivity contribution in [3.63, 3.8) is 0 Å². The molecule has 5 nitrogen and oxygen atoms in total. The molecule has 0 saturated heterocycles. The van der Waals surface area contributed by atoms with Crippen LogP contribution in [0.1, 0.15) is 23.7 Å². The highest BCUT2D eigenvalue weighted by molar-refractivity contribution is 5.97. The molecule has 0 aliphatic heterocycles. The minimum absolute atomic E-state index is 0.0433. The molecule has 1 aromatic carbocycles. The number of ether oxygens (including phenoxy) is 1. The molecule has 0 aliphatic carbocycles. The van der Waals surface area contributed by atoms with Crippen molar-refractivity contribution in [1.29, 1.82) is 0 Å². The van der Waals surface area contributed by atoms with Crippen LogP contribution >= 0.6 is 0 Å². The maximum atomic E-state index is 11.7. The first-order valence-corrected chi connectivity index (χ1v) is 5.35. The number of nitrogens with one attached hydrogen (secondary N) is 1. The van der Waals surface area contributed by atoms with Gasteiger partial charge in [-0.25, -0.2) is 0 Å². The van der Waals surface area contributed by atoms with Gasteiger partial charge in [0.25, 0.3) is 5.91 Å². The van der Waals surface area contributed by atoms with Gasteiger partial charge in [0, 0.05) is 18.9 Å². The van der Waals surface area contributed by atoms with Gasteiger partial charge in [0.2, 0.25) is 0 Å². The number of carbonyl (C=O) groups excluding carboxylic acids is 2. The Labute approximate surface area is 99.4 Å². The third-order valence-corrected chi connectivity index (χ3v) is 2.05. The molecule has 1 aromatic rings. The summed E-state index contributed by atoms with van der Waals surface area (Å²) < 4.78 is 5.30. The highest BCUT2D eigenvalue weighted by Gasteiger charge is 2.10. The zero-order chi connectivity index (χ0) is 12.7. The number of carboxylic acids is 1. The highest BCUT2D eigenvalue weighted by Crippen LogP contribution is 2.17. The van der Waals surface area contributed by atoms with Gasteiger partial charge in [-0.2, -0.15) is 0 Å². The molecular formula is C12H14NO4-. The Balaban J connectivity index is 2.64. The van der Waals surface area contributed by atoms with E-state index < -0.39 is 5.97 Å². The molecule has 0 aromatic heterocycles. The molecule has 0 bridgehead atoms. The molecule has 0 aliphatic rings. The van der Waals surface area contributed by atoms with Crippen LogP contribution < -0.4 is 15.2 Å². The molecule has 1 rings (SSSR count). The van der Waals surface area contributed by atoms with E-state index in [4.69, 9.17) is 4.74 Å². The molecule has 0 radical (unpaired) electrons. The average Bonchev–Trinajstić information content (AvgIpc) is 2.29. The predicted octanol–water partition coefficient (Wildman–Crippen LogP) is -0.0449. The highest BCUT2D eigenvalue weighted by atomic mass is 16.5. The average molecular weight is 236 g/mol. The van der Waals surface area contributed by atoms with Gasteiger partial charge >= 0.3 is 0 Å². The number of para-hydroxylation sites is 1. The van der Waals surface area contributed by atoms with Crippen molar-refractivity contribution in [3.8, 4) is 5.75 Å². The smallest absolute Gasteiger partial charge is 0.255 e. The lowest BCUT2D eigenvalue weighted by atomic mass is 10.2. The Morgan fingerprint density at radius 1 is 1.35 bits per heavy atom. The van der Waals surface area contributed by atoms with E-state index in [0.717, 1.165) is 0 Å². The van der Waals surface area contributed by atoms with E-state index in [0.29, 0.717) is 17.9 Å². The zero-order valence-electron chi connectivity index (χ0n) is 9.56. The summed E-state index contributed by atoms with van der Waals surface area (Å²) in [6.07, 6.45) is -0.206. The molecule has 5 heteroatoms. The molecule has 1 N–H and O–H groups in total. The Bertz CT molecular complexity index is 403. The molecule has 1 amide bonds. The minimum Gasteiger partial charge on any atom is -0.550 e. The van der Waals surface area contributed by atoms with Crippen molar-refractivity contribution in [2.45, 2.75) is 13.3 Å². The van der Waals surface area contributed by atoms with Crippen molar-refractivity contribution in [3.05, 3.63) is 29.8 Å². The second kappa shape index (κ2) is 6.52. The summed E-state index contributed by atoms with van der Waals surface area (Å²) in [6, 6.07) is 6.80. The van der Waals surface area contributed by atoms with Gasteiger partial charge in [-0.15, -0.1) is 0 Å². The van der Waals surface area contributed by atoms with Gasteiger partial charge in [-0.3, -0.25) is 4.79 Å². The van der Waals surface area contributed by atoms with Crippen LogP contribution in [0.15, 0.2) is 24.3 Å². The number of aliphatic carboxylic acids is 1. The monoisotopic (exact) mass is 236 g/mol. The summed E-state index contributed by atoms with van der Waals surface area (Å²) in [7, 11) is 0. The topological polar surface area (TPSA) is 78.5 Å². The summed E-state index contributed by atoms with van der Waals surface area (Å²) in [5, 5.41) is 12.7. The van der Waals surface area contributed by atoms with E-state index in [1.165, 1.54) is 0 Å². The van der Waals surface area contributed by atoms with Crippen molar-refractivity contribution in [2.75, 3.05) is 13.2 Å². The third kappa shape index (κ3) is 4.14. The zero-order valence-corrected chi connectivity index (χ0v) is 9.56. The molecule has 0 spiro atoms. The van der Waals surface area contributed by atoms with Gasteiger partial charge in [-0.05, 0) is 19.1 Å². The lowest BCUT2D eigenvalue weighted by molar-refractivity contribution is -0.305. The molecule has 92 valence electrons. The number of rotatable bonds is 6. The maximum Gasteiger partial charge on any atom is 0.255 e. The minimum atomic E-state index is -1.19. The summed E-state index contributed by atoms with van der Waals surface area (Å²) in [5.41, 5.74) is 0.396. The normalized spacial score (nSPS) is 9.71. The molecule has 0 atom stereocenters. The number of benzene rings is 1. The number of carboxylic acid groups (broad SMARTS) is 1. The van der Waals surface area contributed by atoms with Crippen LogP contribution in [0.25, 0.3) is 0 Å². The van der Waals surface area contributed by atoms with Gasteiger partial charge in [0.05, 0.1) is 12.2 Å². The molecular weight excluding hydrogens is 222 g/mol. The lowest BCUT2D eigenvalue weighted by Gasteiger charge is -2.10. The van der Waals surface area contributed by atoms with Gasteiger partial charge < -0.3 is 20.0 Å². The summed E-state index contributed by atoms with van der Waals surface area (Å²) in [6.45, 7) is 2.33. The number of amides is 1. The molecule has 0 fully saturated rings. The standard InChI is InChI=1S/C12H15NO4/c1-2-17-10-6-4-3-5-9(10)12(16)13-8-7-11(14)15/h3-6H,2,7-8H2,1H3,(H,13,16)(H,14,15)/p-1. The fraction of sp³-hybridized carbons (Fsp3) is 0.333. The fourth-order valence-electron chi connectivity index (χ4n) is 1.31. The summed E-state index contributed by atoms with van der Waals surface area (Å²) in [4.78, 5) is 21.9. The molecule has 0 saturated carbocycles. The van der Waals surface area contributed by atoms with E-state index in [1.807, 2.05) is 6.92 Å². The molecule has 0 heterocycles. The van der Waals surface area contributed by atoms with Crippen LogP contribution in [0.4, 0.5) is 0 Å². The Kier molecular flexibility index (Phi) is 5.00. The second-order valence-electron chi connectivity index (χ2n) is 3.31. The van der Waals surface area contributed by atoms with E-state index in [2.05, 4.69) is 5.32 Å². The molecule has 0 unspecified atom stereocenters. The van der Waals surface area contributed by atoms with Crippen molar-refractivity contribution in [1.82, 2.24) is 5.32 Å². The fourth-order valence-corrected chi connectivity index (χ4v) is 1.31. The third-order valence-electron chi connectivity index (χ3n) is 2.05. The first-order valence-electron chi connectivity index (χ1n) is 5.35. The van der Waals surface area contributed by atoms with Gasteiger partial charge in [0.1, 0.15) is 5.75 Å². The number of hydrogen-bond donors (Lipinski definition) is 1. The van der Waals surface area contributed by atoms with E-state index >= 15 is 0 Å². The van der Waals surface area contributed by atoms with E-state index in [-0.39, 0.29) is 18.9 Å². The lowest BCUT2D eigenvalue weighted by Crippen LogP contribution is -2.31. The quantitative estimate of drug-likeness (QED) is 0.751. The SMILES string of the molecule is CCOc1ccccc1C(=O)NCCC(=O)[O-].